The van der Waals surface area contributed by atoms with Crippen molar-refractivity contribution < 1.29 is 4.79 Å². The third kappa shape index (κ3) is 3.81. The summed E-state index contributed by atoms with van der Waals surface area (Å²) >= 11 is 0. The molecule has 0 aliphatic carbocycles. The van der Waals surface area contributed by atoms with Gasteiger partial charge in [0, 0.05) is 19.2 Å². The molecule has 0 saturated heterocycles. The van der Waals surface area contributed by atoms with Gasteiger partial charge in [0.15, 0.2) is 0 Å². The van der Waals surface area contributed by atoms with Crippen LogP contribution in [0.2, 0.25) is 0 Å². The molecule has 2 aromatic carbocycles. The molecule has 0 aromatic heterocycles. The van der Waals surface area contributed by atoms with Gasteiger partial charge in [-0.25, -0.2) is 0 Å². The first-order valence-electron chi connectivity index (χ1n) is 6.32. The van der Waals surface area contributed by atoms with Gasteiger partial charge in [-0.1, -0.05) is 60.7 Å². The van der Waals surface area contributed by atoms with E-state index >= 15 is 0 Å². The number of rotatable bonds is 4. The number of nitrogens with zero attached hydrogens (tertiary/aromatic N) is 1. The minimum Gasteiger partial charge on any atom is -0.309 e. The van der Waals surface area contributed by atoms with Crippen molar-refractivity contribution in [2.75, 3.05) is 11.4 Å². The van der Waals surface area contributed by atoms with Crippen LogP contribution in [0.25, 0.3) is 6.08 Å². The molecule has 0 radical (unpaired) electrons. The Morgan fingerprint density at radius 3 is 2.16 bits per heavy atom. The third-order valence-electron chi connectivity index (χ3n) is 2.85. The van der Waals surface area contributed by atoms with E-state index in [1.165, 1.54) is 0 Å². The predicted molar refractivity (Wildman–Crippen MR) is 79.9 cm³/mol. The molecule has 2 aromatic rings. The smallest absolute Gasteiger partial charge is 0.224 e. The molecule has 0 fully saturated rings. The molecule has 19 heavy (non-hydrogen) atoms. The number of amides is 1. The number of hydrogen-bond acceptors (Lipinski definition) is 1. The molecule has 0 N–H and O–H groups in total. The van der Waals surface area contributed by atoms with Crippen LogP contribution in [0.5, 0.6) is 0 Å². The van der Waals surface area contributed by atoms with Gasteiger partial charge in [-0.15, -0.1) is 0 Å². The fourth-order valence-corrected chi connectivity index (χ4v) is 1.88. The summed E-state index contributed by atoms with van der Waals surface area (Å²) in [5, 5.41) is 0. The van der Waals surface area contributed by atoms with Crippen LogP contribution in [-0.4, -0.2) is 12.5 Å². The van der Waals surface area contributed by atoms with Gasteiger partial charge in [-0.05, 0) is 17.7 Å². The molecule has 0 saturated carbocycles. The summed E-state index contributed by atoms with van der Waals surface area (Å²) in [4.78, 5) is 13.4. The molecule has 0 bridgehead atoms. The maximum Gasteiger partial charge on any atom is 0.224 e. The van der Waals surface area contributed by atoms with E-state index < -0.39 is 0 Å². The van der Waals surface area contributed by atoms with E-state index in [9.17, 15) is 4.79 Å². The number of benzene rings is 2. The molecule has 0 aliphatic heterocycles. The average molecular weight is 251 g/mol. The number of carbonyl (C=O) groups is 1. The van der Waals surface area contributed by atoms with Gasteiger partial charge < -0.3 is 4.90 Å². The van der Waals surface area contributed by atoms with Crippen LogP contribution < -0.4 is 4.90 Å². The quantitative estimate of drug-likeness (QED) is 0.810. The second kappa shape index (κ2) is 6.55. The Labute approximate surface area is 114 Å². The summed E-state index contributed by atoms with van der Waals surface area (Å²) in [5.74, 6) is 0.0453. The van der Waals surface area contributed by atoms with E-state index in [0.29, 0.717) is 6.54 Å². The lowest BCUT2D eigenvalue weighted by Crippen LogP contribution is -2.28. The largest absolute Gasteiger partial charge is 0.309 e. The number of para-hydroxylation sites is 1. The highest BCUT2D eigenvalue weighted by molar-refractivity contribution is 5.91. The summed E-state index contributed by atoms with van der Waals surface area (Å²) in [6, 6.07) is 19.8. The molecule has 0 heterocycles. The highest BCUT2D eigenvalue weighted by Gasteiger charge is 2.08. The van der Waals surface area contributed by atoms with Gasteiger partial charge in [0.25, 0.3) is 0 Å². The number of hydrogen-bond donors (Lipinski definition) is 0. The average Bonchev–Trinajstić information content (AvgIpc) is 2.45. The fraction of sp³-hybridized carbons (Fsp3) is 0.118. The molecular formula is C17H17NO. The Kier molecular flexibility index (Phi) is 4.51. The summed E-state index contributed by atoms with van der Waals surface area (Å²) < 4.78 is 0. The molecule has 0 atom stereocenters. The molecule has 2 heteroatoms. The predicted octanol–water partition coefficient (Wildman–Crippen LogP) is 3.75. The van der Waals surface area contributed by atoms with Crippen molar-refractivity contribution >= 4 is 17.7 Å². The molecule has 2 nitrogen and oxygen atoms in total. The van der Waals surface area contributed by atoms with Crippen molar-refractivity contribution in [3.05, 3.63) is 72.3 Å². The summed E-state index contributed by atoms with van der Waals surface area (Å²) in [6.45, 7) is 2.16. The second-order valence-electron chi connectivity index (χ2n) is 4.28. The summed E-state index contributed by atoms with van der Waals surface area (Å²) in [7, 11) is 0. The van der Waals surface area contributed by atoms with Crippen molar-refractivity contribution in [3.8, 4) is 0 Å². The maximum absolute atomic E-state index is 11.7. The van der Waals surface area contributed by atoms with E-state index in [-0.39, 0.29) is 5.91 Å². The summed E-state index contributed by atoms with van der Waals surface area (Å²) in [6.07, 6.45) is 4.03. The fourth-order valence-electron chi connectivity index (χ4n) is 1.88. The van der Waals surface area contributed by atoms with Crippen LogP contribution in [0.1, 0.15) is 12.5 Å². The normalized spacial score (nSPS) is 10.6. The molecular weight excluding hydrogens is 234 g/mol. The molecule has 96 valence electrons. The Balaban J connectivity index is 2.07. The van der Waals surface area contributed by atoms with Gasteiger partial charge >= 0.3 is 0 Å². The Hall–Kier alpha value is -2.35. The maximum atomic E-state index is 11.7. The zero-order valence-corrected chi connectivity index (χ0v) is 11.0. The van der Waals surface area contributed by atoms with Gasteiger partial charge in [0.2, 0.25) is 5.91 Å². The van der Waals surface area contributed by atoms with E-state index in [1.54, 1.807) is 11.8 Å². The van der Waals surface area contributed by atoms with Crippen LogP contribution in [0.3, 0.4) is 0 Å². The number of anilines is 1. The minimum atomic E-state index is 0.0453. The van der Waals surface area contributed by atoms with E-state index in [2.05, 4.69) is 0 Å². The van der Waals surface area contributed by atoms with Crippen molar-refractivity contribution in [1.82, 2.24) is 0 Å². The van der Waals surface area contributed by atoms with Crippen LogP contribution >= 0.6 is 0 Å². The van der Waals surface area contributed by atoms with Gasteiger partial charge in [-0.2, -0.15) is 0 Å². The van der Waals surface area contributed by atoms with Crippen LogP contribution in [-0.2, 0) is 4.79 Å². The van der Waals surface area contributed by atoms with Gasteiger partial charge in [0.05, 0.1) is 0 Å². The van der Waals surface area contributed by atoms with E-state index in [0.717, 1.165) is 11.3 Å². The van der Waals surface area contributed by atoms with Crippen molar-refractivity contribution in [3.63, 3.8) is 0 Å². The number of carbonyl (C=O) groups excluding carboxylic acids is 1. The highest BCUT2D eigenvalue weighted by Crippen LogP contribution is 2.13. The van der Waals surface area contributed by atoms with Crippen LogP contribution in [0.15, 0.2) is 66.7 Å². The Morgan fingerprint density at radius 2 is 1.58 bits per heavy atom. The minimum absolute atomic E-state index is 0.0453. The second-order valence-corrected chi connectivity index (χ2v) is 4.28. The Bertz CT molecular complexity index is 546. The summed E-state index contributed by atoms with van der Waals surface area (Å²) in [5.41, 5.74) is 2.06. The van der Waals surface area contributed by atoms with Crippen molar-refractivity contribution in [2.24, 2.45) is 0 Å². The SMILES string of the molecule is CC(=O)N(C/C=C/c1ccccc1)c1ccccc1. The molecule has 0 unspecified atom stereocenters. The lowest BCUT2D eigenvalue weighted by atomic mass is 10.2. The molecule has 1 amide bonds. The Morgan fingerprint density at radius 1 is 1.00 bits per heavy atom. The van der Waals surface area contributed by atoms with Crippen molar-refractivity contribution in [1.29, 1.82) is 0 Å². The lowest BCUT2D eigenvalue weighted by molar-refractivity contribution is -0.116. The first-order valence-corrected chi connectivity index (χ1v) is 6.32. The zero-order chi connectivity index (χ0) is 13.5. The lowest BCUT2D eigenvalue weighted by Gasteiger charge is -2.19. The molecule has 0 aliphatic rings. The molecule has 2 rings (SSSR count). The third-order valence-corrected chi connectivity index (χ3v) is 2.85. The van der Waals surface area contributed by atoms with Crippen LogP contribution in [0, 0.1) is 0 Å². The standard InChI is InChI=1S/C17H17NO/c1-15(19)18(17-12-6-3-7-13-17)14-8-11-16-9-4-2-5-10-16/h2-13H,14H2,1H3/b11-8+. The van der Waals surface area contributed by atoms with E-state index in [1.807, 2.05) is 72.8 Å². The van der Waals surface area contributed by atoms with Crippen LogP contribution in [0.4, 0.5) is 5.69 Å². The first kappa shape index (κ1) is 13.1. The van der Waals surface area contributed by atoms with E-state index in [4.69, 9.17) is 0 Å². The topological polar surface area (TPSA) is 20.3 Å². The van der Waals surface area contributed by atoms with Gasteiger partial charge in [-0.3, -0.25) is 4.79 Å². The van der Waals surface area contributed by atoms with Gasteiger partial charge in [0.1, 0.15) is 0 Å². The van der Waals surface area contributed by atoms with Crippen molar-refractivity contribution in [2.45, 2.75) is 6.92 Å². The highest BCUT2D eigenvalue weighted by atomic mass is 16.2. The monoisotopic (exact) mass is 251 g/mol. The molecule has 0 spiro atoms. The first-order chi connectivity index (χ1) is 9.27. The zero-order valence-electron chi connectivity index (χ0n) is 11.0.